The van der Waals surface area contributed by atoms with Gasteiger partial charge in [0.15, 0.2) is 12.3 Å². The fraction of sp³-hybridized carbons (Fsp3) is 0.273. The maximum absolute atomic E-state index is 8.92. The molecule has 2 atom stereocenters. The zero-order valence-electron chi connectivity index (χ0n) is 8.95. The minimum atomic E-state index is -0.579. The first-order valence-corrected chi connectivity index (χ1v) is 5.68. The van der Waals surface area contributed by atoms with Crippen molar-refractivity contribution in [3.63, 3.8) is 0 Å². The maximum Gasteiger partial charge on any atom is 0.220 e. The van der Waals surface area contributed by atoms with Crippen LogP contribution in [-0.4, -0.2) is 25.2 Å². The third-order valence-corrected chi connectivity index (χ3v) is 3.20. The van der Waals surface area contributed by atoms with Gasteiger partial charge < -0.3 is 4.74 Å². The number of benzene rings is 1. The molecule has 0 saturated heterocycles. The van der Waals surface area contributed by atoms with E-state index in [1.165, 1.54) is 0 Å². The molecule has 0 spiro atoms. The van der Waals surface area contributed by atoms with Crippen LogP contribution in [0.1, 0.15) is 5.56 Å². The predicted octanol–water partition coefficient (Wildman–Crippen LogP) is 2.21. The summed E-state index contributed by atoms with van der Waals surface area (Å²) in [5, 5.41) is 12.6. The van der Waals surface area contributed by atoms with Gasteiger partial charge >= 0.3 is 0 Å². The molecule has 6 heteroatoms. The summed E-state index contributed by atoms with van der Waals surface area (Å²) in [5.74, 6) is 0.336. The molecule has 2 unspecified atom stereocenters. The third kappa shape index (κ3) is 2.22. The minimum Gasteiger partial charge on any atom is -0.455 e. The van der Waals surface area contributed by atoms with Gasteiger partial charge in [-0.25, -0.2) is 4.99 Å². The Balaban J connectivity index is 2.37. The lowest BCUT2D eigenvalue weighted by Crippen LogP contribution is -2.34. The van der Waals surface area contributed by atoms with Crippen LogP contribution < -0.4 is 5.32 Å². The van der Waals surface area contributed by atoms with Crippen LogP contribution >= 0.6 is 23.2 Å². The van der Waals surface area contributed by atoms with Crippen LogP contribution in [0.25, 0.3) is 0 Å². The summed E-state index contributed by atoms with van der Waals surface area (Å²) in [6.07, 6.45) is -0.454. The molecular weight excluding hydrogens is 261 g/mol. The quantitative estimate of drug-likeness (QED) is 0.896. The van der Waals surface area contributed by atoms with Crippen molar-refractivity contribution < 1.29 is 4.74 Å². The zero-order valence-corrected chi connectivity index (χ0v) is 10.5. The van der Waals surface area contributed by atoms with Crippen LogP contribution in [0.2, 0.25) is 10.0 Å². The molecule has 0 bridgehead atoms. The normalized spacial score (nSPS) is 22.8. The molecule has 1 N–H and O–H groups in total. The van der Waals surface area contributed by atoms with E-state index >= 15 is 0 Å². The Labute approximate surface area is 109 Å². The van der Waals surface area contributed by atoms with Crippen LogP contribution in [0, 0.1) is 11.3 Å². The van der Waals surface area contributed by atoms with Gasteiger partial charge in [0, 0.05) is 0 Å². The topological polar surface area (TPSA) is 57.4 Å². The number of hydrogen-bond donors (Lipinski definition) is 1. The van der Waals surface area contributed by atoms with Crippen LogP contribution in [0.3, 0.4) is 0 Å². The number of aliphatic imine (C=N–C) groups is 1. The SMILES string of the molecule is CNC1OC(c2cccc(Cl)c2Cl)=NC1C#N. The van der Waals surface area contributed by atoms with Gasteiger partial charge in [-0.1, -0.05) is 29.3 Å². The van der Waals surface area contributed by atoms with E-state index in [0.717, 1.165) is 0 Å². The number of nitrogens with one attached hydrogen (secondary N) is 1. The lowest BCUT2D eigenvalue weighted by Gasteiger charge is -2.12. The molecule has 0 saturated carbocycles. The molecule has 0 aromatic heterocycles. The first-order valence-electron chi connectivity index (χ1n) is 4.93. The Hall–Kier alpha value is -1.28. The summed E-state index contributed by atoms with van der Waals surface area (Å²) in [6.45, 7) is 0. The molecule has 4 nitrogen and oxygen atoms in total. The highest BCUT2D eigenvalue weighted by molar-refractivity contribution is 6.43. The fourth-order valence-electron chi connectivity index (χ4n) is 1.52. The highest BCUT2D eigenvalue weighted by Crippen LogP contribution is 2.28. The van der Waals surface area contributed by atoms with E-state index < -0.39 is 12.3 Å². The highest BCUT2D eigenvalue weighted by atomic mass is 35.5. The monoisotopic (exact) mass is 269 g/mol. The van der Waals surface area contributed by atoms with Crippen molar-refractivity contribution in [1.82, 2.24) is 5.32 Å². The second-order valence-electron chi connectivity index (χ2n) is 3.44. The Morgan fingerprint density at radius 3 is 2.82 bits per heavy atom. The first-order chi connectivity index (χ1) is 8.17. The molecule has 0 aliphatic carbocycles. The van der Waals surface area contributed by atoms with Gasteiger partial charge in [-0.15, -0.1) is 0 Å². The Morgan fingerprint density at radius 2 is 2.24 bits per heavy atom. The highest BCUT2D eigenvalue weighted by Gasteiger charge is 2.31. The van der Waals surface area contributed by atoms with Crippen molar-refractivity contribution in [2.45, 2.75) is 12.3 Å². The number of likely N-dealkylation sites (N-methyl/N-ethyl adjacent to an activating group) is 1. The maximum atomic E-state index is 8.92. The molecule has 1 aliphatic rings. The minimum absolute atomic E-state index is 0.336. The molecule has 0 radical (unpaired) electrons. The van der Waals surface area contributed by atoms with E-state index in [4.69, 9.17) is 33.2 Å². The van der Waals surface area contributed by atoms with Gasteiger partial charge in [-0.05, 0) is 19.2 Å². The molecule has 1 aromatic rings. The molecule has 1 aromatic carbocycles. The number of ether oxygens (including phenoxy) is 1. The van der Waals surface area contributed by atoms with Crippen molar-refractivity contribution in [2.75, 3.05) is 7.05 Å². The van der Waals surface area contributed by atoms with Crippen LogP contribution in [0.4, 0.5) is 0 Å². The van der Waals surface area contributed by atoms with Gasteiger partial charge in [-0.3, -0.25) is 5.32 Å². The van der Waals surface area contributed by atoms with E-state index in [2.05, 4.69) is 10.3 Å². The smallest absolute Gasteiger partial charge is 0.220 e. The molecular formula is C11H9Cl2N3O. The van der Waals surface area contributed by atoms with Gasteiger partial charge in [0.25, 0.3) is 0 Å². The summed E-state index contributed by atoms with van der Waals surface area (Å²) in [5.41, 5.74) is 0.595. The van der Waals surface area contributed by atoms with Crippen molar-refractivity contribution in [2.24, 2.45) is 4.99 Å². The van der Waals surface area contributed by atoms with Crippen LogP contribution in [0.15, 0.2) is 23.2 Å². The Bertz CT molecular complexity index is 510. The molecule has 17 heavy (non-hydrogen) atoms. The largest absolute Gasteiger partial charge is 0.455 e. The number of halogens is 2. The molecule has 1 aliphatic heterocycles. The second-order valence-corrected chi connectivity index (χ2v) is 4.22. The summed E-state index contributed by atoms with van der Waals surface area (Å²) in [4.78, 5) is 4.16. The lowest BCUT2D eigenvalue weighted by atomic mass is 10.2. The second kappa shape index (κ2) is 4.92. The van der Waals surface area contributed by atoms with E-state index in [0.29, 0.717) is 21.5 Å². The van der Waals surface area contributed by atoms with Crippen molar-refractivity contribution >= 4 is 29.1 Å². The average Bonchev–Trinajstić information content (AvgIpc) is 2.75. The van der Waals surface area contributed by atoms with Crippen molar-refractivity contribution in [3.8, 4) is 6.07 Å². The van der Waals surface area contributed by atoms with E-state index in [1.54, 1.807) is 25.2 Å². The molecule has 1 heterocycles. The summed E-state index contributed by atoms with van der Waals surface area (Å²) < 4.78 is 5.51. The zero-order chi connectivity index (χ0) is 12.4. The number of nitriles is 1. The van der Waals surface area contributed by atoms with E-state index in [9.17, 15) is 0 Å². The average molecular weight is 270 g/mol. The molecule has 0 fully saturated rings. The Morgan fingerprint density at radius 1 is 1.47 bits per heavy atom. The lowest BCUT2D eigenvalue weighted by molar-refractivity contribution is 0.179. The molecule has 0 amide bonds. The predicted molar refractivity (Wildman–Crippen MR) is 66.3 cm³/mol. The first kappa shape index (κ1) is 12.2. The summed E-state index contributed by atoms with van der Waals surface area (Å²) >= 11 is 12.0. The Kier molecular flexibility index (Phi) is 3.53. The van der Waals surface area contributed by atoms with Gasteiger partial charge in [0.1, 0.15) is 0 Å². The van der Waals surface area contributed by atoms with Gasteiger partial charge in [0.05, 0.1) is 21.7 Å². The van der Waals surface area contributed by atoms with E-state index in [1.807, 2.05) is 6.07 Å². The molecule has 2 rings (SSSR count). The summed E-state index contributed by atoms with van der Waals surface area (Å²) in [6, 6.07) is 6.65. The fourth-order valence-corrected chi connectivity index (χ4v) is 1.91. The van der Waals surface area contributed by atoms with Crippen molar-refractivity contribution in [1.29, 1.82) is 5.26 Å². The number of hydrogen-bond acceptors (Lipinski definition) is 4. The van der Waals surface area contributed by atoms with Crippen LogP contribution in [-0.2, 0) is 4.74 Å². The number of nitrogens with zero attached hydrogens (tertiary/aromatic N) is 2. The van der Waals surface area contributed by atoms with Crippen molar-refractivity contribution in [3.05, 3.63) is 33.8 Å². The van der Waals surface area contributed by atoms with E-state index in [-0.39, 0.29) is 0 Å². The number of rotatable bonds is 2. The van der Waals surface area contributed by atoms with Gasteiger partial charge in [-0.2, -0.15) is 5.26 Å². The van der Waals surface area contributed by atoms with Gasteiger partial charge in [0.2, 0.25) is 5.90 Å². The third-order valence-electron chi connectivity index (χ3n) is 2.38. The summed E-state index contributed by atoms with van der Waals surface area (Å²) in [7, 11) is 1.70. The standard InChI is InChI=1S/C11H9Cl2N3O/c1-15-11-8(5-14)16-10(17-11)6-3-2-4-7(12)9(6)13/h2-4,8,11,15H,1H3. The van der Waals surface area contributed by atoms with Crippen LogP contribution in [0.5, 0.6) is 0 Å². The molecule has 88 valence electrons.